The second kappa shape index (κ2) is 9.44. The van der Waals surface area contributed by atoms with E-state index in [0.29, 0.717) is 12.5 Å². The van der Waals surface area contributed by atoms with Gasteiger partial charge in [0.05, 0.1) is 0 Å². The molecule has 1 fully saturated rings. The molecule has 0 saturated carbocycles. The molecule has 8 nitrogen and oxygen atoms in total. The molecule has 1 aliphatic rings. The molecule has 29 heavy (non-hydrogen) atoms. The topological polar surface area (TPSA) is 113 Å². The smallest absolute Gasteiger partial charge is 0.349 e. The van der Waals surface area contributed by atoms with Crippen molar-refractivity contribution in [1.29, 1.82) is 0 Å². The Morgan fingerprint density at radius 1 is 1.31 bits per heavy atom. The lowest BCUT2D eigenvalue weighted by atomic mass is 9.96. The average molecular weight is 401 g/mol. The zero-order valence-corrected chi connectivity index (χ0v) is 15.9. The number of rotatable bonds is 6. The molecule has 0 bridgehead atoms. The predicted molar refractivity (Wildman–Crippen MR) is 106 cm³/mol. The van der Waals surface area contributed by atoms with Crippen molar-refractivity contribution in [2.75, 3.05) is 18.8 Å². The van der Waals surface area contributed by atoms with Gasteiger partial charge in [0.25, 0.3) is 5.91 Å². The Hall–Kier alpha value is -3.04. The molecule has 0 unspecified atom stereocenters. The number of hydrogen-bond acceptors (Lipinski definition) is 6. The second-order valence-corrected chi connectivity index (χ2v) is 7.18. The average Bonchev–Trinajstić information content (AvgIpc) is 2.72. The molecule has 3 rings (SSSR count). The minimum absolute atomic E-state index is 0.291. The van der Waals surface area contributed by atoms with Crippen LogP contribution in [0.5, 0.6) is 0 Å². The fourth-order valence-corrected chi connectivity index (χ4v) is 3.42. The van der Waals surface area contributed by atoms with Crippen molar-refractivity contribution >= 4 is 17.8 Å². The van der Waals surface area contributed by atoms with Crippen LogP contribution in [-0.4, -0.2) is 38.7 Å². The van der Waals surface area contributed by atoms with Gasteiger partial charge in [-0.05, 0) is 49.1 Å². The van der Waals surface area contributed by atoms with Crippen molar-refractivity contribution in [3.63, 3.8) is 0 Å². The first-order valence-corrected chi connectivity index (χ1v) is 9.40. The van der Waals surface area contributed by atoms with E-state index in [1.807, 2.05) is 24.3 Å². The molecule has 1 amide bonds. The number of hydroxylamine groups is 1. The van der Waals surface area contributed by atoms with E-state index in [2.05, 4.69) is 9.88 Å². The zero-order valence-electron chi connectivity index (χ0n) is 15.9. The summed E-state index contributed by atoms with van der Waals surface area (Å²) in [6.45, 7) is 3.04. The number of hydrogen-bond donors (Lipinski definition) is 3. The van der Waals surface area contributed by atoms with Crippen LogP contribution in [0.15, 0.2) is 41.3 Å². The van der Waals surface area contributed by atoms with Crippen LogP contribution in [0.4, 0.5) is 10.2 Å². The lowest BCUT2D eigenvalue weighted by Crippen LogP contribution is -2.36. The lowest BCUT2D eigenvalue weighted by Gasteiger charge is -2.32. The Morgan fingerprint density at radius 3 is 2.66 bits per heavy atom. The first-order chi connectivity index (χ1) is 13.9. The predicted octanol–water partition coefficient (Wildman–Crippen LogP) is 1.40. The van der Waals surface area contributed by atoms with E-state index < -0.39 is 17.4 Å². The summed E-state index contributed by atoms with van der Waals surface area (Å²) in [7, 11) is 0. The number of nitrogen functional groups attached to an aromatic ring is 1. The molecule has 2 aromatic rings. The summed E-state index contributed by atoms with van der Waals surface area (Å²) in [6.07, 6.45) is 5.84. The molecule has 9 heteroatoms. The molecule has 1 aromatic heterocycles. The third kappa shape index (κ3) is 5.72. The largest absolute Gasteiger partial charge is 0.381 e. The molecule has 0 aliphatic carbocycles. The number of piperidine rings is 1. The summed E-state index contributed by atoms with van der Waals surface area (Å²) >= 11 is 0. The number of halogens is 1. The zero-order chi connectivity index (χ0) is 20.8. The number of nitrogens with one attached hydrogen (secondary N) is 1. The van der Waals surface area contributed by atoms with E-state index in [0.717, 1.165) is 49.8 Å². The van der Waals surface area contributed by atoms with Crippen LogP contribution in [0.3, 0.4) is 0 Å². The monoisotopic (exact) mass is 401 g/mol. The van der Waals surface area contributed by atoms with Gasteiger partial charge < -0.3 is 5.73 Å². The van der Waals surface area contributed by atoms with Gasteiger partial charge in [-0.3, -0.25) is 19.5 Å². The summed E-state index contributed by atoms with van der Waals surface area (Å²) in [5.41, 5.74) is 8.38. The van der Waals surface area contributed by atoms with Crippen LogP contribution >= 0.6 is 0 Å². The quantitative estimate of drug-likeness (QED) is 0.383. The van der Waals surface area contributed by atoms with E-state index >= 15 is 0 Å². The Morgan fingerprint density at radius 2 is 2.00 bits per heavy atom. The normalized spacial score (nSPS) is 15.7. The molecule has 1 saturated heterocycles. The molecule has 0 radical (unpaired) electrons. The van der Waals surface area contributed by atoms with Gasteiger partial charge in [0.2, 0.25) is 0 Å². The van der Waals surface area contributed by atoms with Crippen LogP contribution in [0, 0.1) is 11.7 Å². The maximum Gasteiger partial charge on any atom is 0.349 e. The highest BCUT2D eigenvalue weighted by atomic mass is 19.1. The number of anilines is 1. The second-order valence-electron chi connectivity index (χ2n) is 7.18. The molecule has 4 N–H and O–H groups in total. The number of likely N-dealkylation sites (tertiary alicyclic amines) is 1. The van der Waals surface area contributed by atoms with Crippen molar-refractivity contribution in [3.05, 3.63) is 64.0 Å². The van der Waals surface area contributed by atoms with Gasteiger partial charge in [-0.1, -0.05) is 24.3 Å². The van der Waals surface area contributed by atoms with Crippen LogP contribution in [0.25, 0.3) is 6.08 Å². The SMILES string of the molecule is Nc1nc(=O)n(CC2CCN(Cc3ccc(/C=C/C(=O)NO)cc3)CC2)cc1F. The van der Waals surface area contributed by atoms with Gasteiger partial charge in [0.1, 0.15) is 0 Å². The van der Waals surface area contributed by atoms with Gasteiger partial charge in [0.15, 0.2) is 11.6 Å². The molecule has 154 valence electrons. The van der Waals surface area contributed by atoms with E-state index in [1.54, 1.807) is 11.6 Å². The Bertz CT molecular complexity index is 934. The van der Waals surface area contributed by atoms with Gasteiger partial charge in [-0.15, -0.1) is 0 Å². The van der Waals surface area contributed by atoms with Crippen molar-refractivity contribution in [2.45, 2.75) is 25.9 Å². The van der Waals surface area contributed by atoms with Crippen molar-refractivity contribution in [3.8, 4) is 0 Å². The van der Waals surface area contributed by atoms with E-state index in [9.17, 15) is 14.0 Å². The highest BCUT2D eigenvalue weighted by molar-refractivity contribution is 5.90. The number of aromatic nitrogens is 2. The standard InChI is InChI=1S/C20H24FN5O3/c21-17-13-26(20(28)23-19(17)22)12-16-7-9-25(10-8-16)11-15-3-1-14(2-4-15)5-6-18(27)24-29/h1-6,13,16,29H,7-12H2,(H,24,27)(H2,22,23,28)/b6-5+. The number of nitrogens with zero attached hydrogens (tertiary/aromatic N) is 3. The fraction of sp³-hybridized carbons (Fsp3) is 0.350. The number of benzene rings is 1. The summed E-state index contributed by atoms with van der Waals surface area (Å²) in [6, 6.07) is 7.84. The van der Waals surface area contributed by atoms with Crippen LogP contribution in [-0.2, 0) is 17.9 Å². The minimum Gasteiger partial charge on any atom is -0.381 e. The number of amides is 1. The van der Waals surface area contributed by atoms with E-state index in [1.165, 1.54) is 10.6 Å². The van der Waals surface area contributed by atoms with Crippen molar-refractivity contribution in [1.82, 2.24) is 19.9 Å². The summed E-state index contributed by atoms with van der Waals surface area (Å²) in [5, 5.41) is 8.48. The van der Waals surface area contributed by atoms with Gasteiger partial charge >= 0.3 is 5.69 Å². The molecule has 1 aliphatic heterocycles. The number of carbonyl (C=O) groups excluding carboxylic acids is 1. The third-order valence-electron chi connectivity index (χ3n) is 5.06. The lowest BCUT2D eigenvalue weighted by molar-refractivity contribution is -0.124. The highest BCUT2D eigenvalue weighted by Gasteiger charge is 2.20. The summed E-state index contributed by atoms with van der Waals surface area (Å²) < 4.78 is 14.9. The van der Waals surface area contributed by atoms with Crippen LogP contribution in [0.1, 0.15) is 24.0 Å². The fourth-order valence-electron chi connectivity index (χ4n) is 3.42. The number of nitrogens with two attached hydrogens (primary N) is 1. The van der Waals surface area contributed by atoms with Crippen LogP contribution < -0.4 is 16.9 Å². The molecular formula is C20H24FN5O3. The first kappa shape index (κ1) is 20.7. The van der Waals surface area contributed by atoms with Gasteiger partial charge in [-0.2, -0.15) is 4.98 Å². The molecule has 0 atom stereocenters. The third-order valence-corrected chi connectivity index (χ3v) is 5.06. The number of carbonyl (C=O) groups is 1. The maximum absolute atomic E-state index is 13.6. The van der Waals surface area contributed by atoms with Crippen LogP contribution in [0.2, 0.25) is 0 Å². The molecule has 0 spiro atoms. The Balaban J connectivity index is 1.50. The first-order valence-electron chi connectivity index (χ1n) is 9.40. The van der Waals surface area contributed by atoms with Gasteiger partial charge in [-0.25, -0.2) is 14.7 Å². The Labute approximate surface area is 167 Å². The Kier molecular flexibility index (Phi) is 6.73. The minimum atomic E-state index is -0.669. The van der Waals surface area contributed by atoms with E-state index in [-0.39, 0.29) is 5.82 Å². The molecule has 1 aromatic carbocycles. The summed E-state index contributed by atoms with van der Waals surface area (Å²) in [5.74, 6) is -1.31. The van der Waals surface area contributed by atoms with E-state index in [4.69, 9.17) is 10.9 Å². The van der Waals surface area contributed by atoms with Gasteiger partial charge in [0, 0.05) is 25.4 Å². The molecule has 2 heterocycles. The highest BCUT2D eigenvalue weighted by Crippen LogP contribution is 2.21. The molecular weight excluding hydrogens is 377 g/mol. The summed E-state index contributed by atoms with van der Waals surface area (Å²) in [4.78, 5) is 28.7. The van der Waals surface area contributed by atoms with Crippen molar-refractivity contribution in [2.24, 2.45) is 5.92 Å². The van der Waals surface area contributed by atoms with Crippen molar-refractivity contribution < 1.29 is 14.4 Å². The maximum atomic E-state index is 13.6.